The van der Waals surface area contributed by atoms with Crippen LogP contribution in [-0.2, 0) is 11.2 Å². The second-order valence-corrected chi connectivity index (χ2v) is 5.25. The molecule has 0 spiro atoms. The van der Waals surface area contributed by atoms with E-state index < -0.39 is 0 Å². The van der Waals surface area contributed by atoms with Crippen LogP contribution in [0.2, 0.25) is 5.02 Å². The number of ether oxygens (including phenoxy) is 2. The maximum Gasteiger partial charge on any atom is 0.228 e. The lowest BCUT2D eigenvalue weighted by atomic mass is 10.1. The van der Waals surface area contributed by atoms with Gasteiger partial charge < -0.3 is 14.8 Å². The molecule has 4 nitrogen and oxygen atoms in total. The molecule has 22 heavy (non-hydrogen) atoms. The molecular weight excluding hydrogens is 302 g/mol. The second-order valence-electron chi connectivity index (χ2n) is 4.84. The van der Waals surface area contributed by atoms with Crippen LogP contribution in [0.1, 0.15) is 11.1 Å². The number of nitrogens with one attached hydrogen (secondary N) is 1. The minimum Gasteiger partial charge on any atom is -0.495 e. The van der Waals surface area contributed by atoms with Gasteiger partial charge in [0.05, 0.1) is 31.4 Å². The normalized spacial score (nSPS) is 10.2. The molecule has 2 aromatic carbocycles. The summed E-state index contributed by atoms with van der Waals surface area (Å²) in [6, 6.07) is 11.1. The predicted molar refractivity (Wildman–Crippen MR) is 88.1 cm³/mol. The summed E-state index contributed by atoms with van der Waals surface area (Å²) in [4.78, 5) is 12.2. The van der Waals surface area contributed by atoms with E-state index in [-0.39, 0.29) is 5.91 Å². The van der Waals surface area contributed by atoms with E-state index in [0.29, 0.717) is 28.6 Å². The van der Waals surface area contributed by atoms with Gasteiger partial charge in [-0.05, 0) is 18.1 Å². The number of hydrogen-bond donors (Lipinski definition) is 1. The van der Waals surface area contributed by atoms with Crippen LogP contribution >= 0.6 is 11.6 Å². The highest BCUT2D eigenvalue weighted by Crippen LogP contribution is 2.35. The summed E-state index contributed by atoms with van der Waals surface area (Å²) in [6.07, 6.45) is 0.292. The van der Waals surface area contributed by atoms with Crippen LogP contribution in [0.3, 0.4) is 0 Å². The molecule has 0 unspecified atom stereocenters. The second kappa shape index (κ2) is 7.18. The molecular formula is C17H18ClNO3. The fraction of sp³-hybridized carbons (Fsp3) is 0.235. The molecule has 0 atom stereocenters. The van der Waals surface area contributed by atoms with Crippen molar-refractivity contribution in [3.63, 3.8) is 0 Å². The number of amides is 1. The Bertz CT molecular complexity index is 686. The zero-order valence-electron chi connectivity index (χ0n) is 12.8. The molecule has 0 aliphatic rings. The third-order valence-corrected chi connectivity index (χ3v) is 3.66. The molecule has 1 N–H and O–H groups in total. The fourth-order valence-corrected chi connectivity index (χ4v) is 2.36. The largest absolute Gasteiger partial charge is 0.495 e. The molecule has 0 radical (unpaired) electrons. The van der Waals surface area contributed by atoms with E-state index in [1.807, 2.05) is 31.2 Å². The molecule has 0 aliphatic heterocycles. The number of rotatable bonds is 5. The number of carbonyl (C=O) groups is 1. The predicted octanol–water partition coefficient (Wildman–Crippen LogP) is 3.85. The van der Waals surface area contributed by atoms with Gasteiger partial charge in [-0.3, -0.25) is 4.79 Å². The quantitative estimate of drug-likeness (QED) is 0.910. The first kappa shape index (κ1) is 16.2. The Morgan fingerprint density at radius 3 is 2.45 bits per heavy atom. The highest BCUT2D eigenvalue weighted by Gasteiger charge is 2.13. The van der Waals surface area contributed by atoms with Gasteiger partial charge in [0.25, 0.3) is 0 Å². The molecule has 0 heterocycles. The van der Waals surface area contributed by atoms with E-state index in [0.717, 1.165) is 11.1 Å². The highest BCUT2D eigenvalue weighted by molar-refractivity contribution is 6.32. The van der Waals surface area contributed by atoms with Crippen molar-refractivity contribution in [3.8, 4) is 11.5 Å². The SMILES string of the molecule is COc1cc(NC(=O)Cc2ccccc2C)c(OC)cc1Cl. The van der Waals surface area contributed by atoms with Gasteiger partial charge in [-0.25, -0.2) is 0 Å². The minimum atomic E-state index is -0.128. The van der Waals surface area contributed by atoms with Crippen molar-refractivity contribution in [2.24, 2.45) is 0 Å². The maximum absolute atomic E-state index is 12.2. The third kappa shape index (κ3) is 3.71. The topological polar surface area (TPSA) is 47.6 Å². The van der Waals surface area contributed by atoms with Gasteiger partial charge in [0.15, 0.2) is 0 Å². The fourth-order valence-electron chi connectivity index (χ4n) is 2.13. The van der Waals surface area contributed by atoms with Gasteiger partial charge in [-0.15, -0.1) is 0 Å². The first-order valence-electron chi connectivity index (χ1n) is 6.81. The monoisotopic (exact) mass is 319 g/mol. The van der Waals surface area contributed by atoms with E-state index in [1.165, 1.54) is 14.2 Å². The van der Waals surface area contributed by atoms with Gasteiger partial charge >= 0.3 is 0 Å². The first-order valence-corrected chi connectivity index (χ1v) is 7.18. The molecule has 116 valence electrons. The number of methoxy groups -OCH3 is 2. The highest BCUT2D eigenvalue weighted by atomic mass is 35.5. The third-order valence-electron chi connectivity index (χ3n) is 3.36. The Labute approximate surface area is 135 Å². The van der Waals surface area contributed by atoms with Crippen molar-refractivity contribution < 1.29 is 14.3 Å². The summed E-state index contributed by atoms with van der Waals surface area (Å²) in [5.74, 6) is 0.842. The average molecular weight is 320 g/mol. The van der Waals surface area contributed by atoms with E-state index in [4.69, 9.17) is 21.1 Å². The summed E-state index contributed by atoms with van der Waals surface area (Å²) < 4.78 is 10.4. The van der Waals surface area contributed by atoms with E-state index in [1.54, 1.807) is 12.1 Å². The van der Waals surface area contributed by atoms with Gasteiger partial charge in [0, 0.05) is 12.1 Å². The lowest BCUT2D eigenvalue weighted by Crippen LogP contribution is -2.15. The molecule has 0 saturated heterocycles. The van der Waals surface area contributed by atoms with E-state index in [9.17, 15) is 4.79 Å². The number of benzene rings is 2. The molecule has 5 heteroatoms. The summed E-state index contributed by atoms with van der Waals surface area (Å²) >= 11 is 6.05. The summed E-state index contributed by atoms with van der Waals surface area (Å²) in [6.45, 7) is 1.98. The molecule has 0 bridgehead atoms. The Kier molecular flexibility index (Phi) is 5.28. The van der Waals surface area contributed by atoms with Crippen LogP contribution < -0.4 is 14.8 Å². The first-order chi connectivity index (χ1) is 10.5. The molecule has 0 fully saturated rings. The lowest BCUT2D eigenvalue weighted by molar-refractivity contribution is -0.115. The van der Waals surface area contributed by atoms with Crippen LogP contribution in [0.15, 0.2) is 36.4 Å². The molecule has 1 amide bonds. The minimum absolute atomic E-state index is 0.128. The molecule has 0 aliphatic carbocycles. The van der Waals surface area contributed by atoms with Crippen LogP contribution in [0.25, 0.3) is 0 Å². The Hall–Kier alpha value is -2.20. The smallest absolute Gasteiger partial charge is 0.228 e. The van der Waals surface area contributed by atoms with Gasteiger partial charge in [-0.1, -0.05) is 35.9 Å². The average Bonchev–Trinajstić information content (AvgIpc) is 2.50. The van der Waals surface area contributed by atoms with Crippen molar-refractivity contribution >= 4 is 23.2 Å². The molecule has 0 aromatic heterocycles. The van der Waals surface area contributed by atoms with Crippen molar-refractivity contribution in [3.05, 3.63) is 52.5 Å². The number of aryl methyl sites for hydroxylation is 1. The van der Waals surface area contributed by atoms with Crippen LogP contribution in [-0.4, -0.2) is 20.1 Å². The zero-order chi connectivity index (χ0) is 16.1. The number of carbonyl (C=O) groups excluding carboxylic acids is 1. The summed E-state index contributed by atoms with van der Waals surface area (Å²) in [5, 5.41) is 3.26. The van der Waals surface area contributed by atoms with Crippen molar-refractivity contribution in [1.29, 1.82) is 0 Å². The number of halogens is 1. The van der Waals surface area contributed by atoms with Crippen LogP contribution in [0.4, 0.5) is 5.69 Å². The Morgan fingerprint density at radius 1 is 1.14 bits per heavy atom. The van der Waals surface area contributed by atoms with E-state index >= 15 is 0 Å². The van der Waals surface area contributed by atoms with Crippen LogP contribution in [0, 0.1) is 6.92 Å². The van der Waals surface area contributed by atoms with E-state index in [2.05, 4.69) is 5.32 Å². The maximum atomic E-state index is 12.2. The lowest BCUT2D eigenvalue weighted by Gasteiger charge is -2.13. The molecule has 2 aromatic rings. The number of hydrogen-bond acceptors (Lipinski definition) is 3. The van der Waals surface area contributed by atoms with Gasteiger partial charge in [0.2, 0.25) is 5.91 Å². The summed E-state index contributed by atoms with van der Waals surface area (Å²) in [5.41, 5.74) is 2.60. The zero-order valence-corrected chi connectivity index (χ0v) is 13.5. The Morgan fingerprint density at radius 2 is 1.82 bits per heavy atom. The standard InChI is InChI=1S/C17H18ClNO3/c1-11-6-4-5-7-12(11)8-17(20)19-14-10-15(21-2)13(18)9-16(14)22-3/h4-7,9-10H,8H2,1-3H3,(H,19,20). The van der Waals surface area contributed by atoms with Gasteiger partial charge in [-0.2, -0.15) is 0 Å². The summed E-state index contributed by atoms with van der Waals surface area (Å²) in [7, 11) is 3.04. The van der Waals surface area contributed by atoms with Crippen molar-refractivity contribution in [2.75, 3.05) is 19.5 Å². The Balaban J connectivity index is 2.19. The molecule has 2 rings (SSSR count). The van der Waals surface area contributed by atoms with Crippen LogP contribution in [0.5, 0.6) is 11.5 Å². The molecule has 0 saturated carbocycles. The van der Waals surface area contributed by atoms with Crippen molar-refractivity contribution in [2.45, 2.75) is 13.3 Å². The number of anilines is 1. The van der Waals surface area contributed by atoms with Crippen molar-refractivity contribution in [1.82, 2.24) is 0 Å². The van der Waals surface area contributed by atoms with Gasteiger partial charge in [0.1, 0.15) is 11.5 Å².